The summed E-state index contributed by atoms with van der Waals surface area (Å²) >= 11 is 5.15. The minimum absolute atomic E-state index is 0.690. The zero-order chi connectivity index (χ0) is 12.1. The number of benzene rings is 2. The fraction of sp³-hybridized carbons (Fsp3) is 0.0714. The van der Waals surface area contributed by atoms with E-state index in [1.54, 1.807) is 11.8 Å². The van der Waals surface area contributed by atoms with Crippen LogP contribution in [0.15, 0.2) is 57.9 Å². The molecule has 1 nitrogen and oxygen atoms in total. The Labute approximate surface area is 114 Å². The van der Waals surface area contributed by atoms with Gasteiger partial charge >= 0.3 is 0 Å². The first kappa shape index (κ1) is 12.2. The van der Waals surface area contributed by atoms with Gasteiger partial charge in [0.1, 0.15) is 0 Å². The van der Waals surface area contributed by atoms with Crippen molar-refractivity contribution in [3.8, 4) is 6.07 Å². The van der Waals surface area contributed by atoms with Crippen LogP contribution in [0.2, 0.25) is 0 Å². The maximum absolute atomic E-state index is 8.89. The number of nitriles is 1. The molecule has 2 aromatic rings. The summed E-state index contributed by atoms with van der Waals surface area (Å²) in [6.45, 7) is 0. The third-order valence-corrected chi connectivity index (χ3v) is 3.75. The van der Waals surface area contributed by atoms with Crippen molar-refractivity contribution < 1.29 is 0 Å². The van der Waals surface area contributed by atoms with Crippen molar-refractivity contribution in [1.82, 2.24) is 0 Å². The number of hydrogen-bond acceptors (Lipinski definition) is 2. The molecule has 0 bridgehead atoms. The second-order valence-electron chi connectivity index (χ2n) is 3.56. The van der Waals surface area contributed by atoms with E-state index in [9.17, 15) is 0 Å². The molecule has 0 spiro atoms. The van der Waals surface area contributed by atoms with E-state index in [2.05, 4.69) is 34.1 Å². The van der Waals surface area contributed by atoms with E-state index in [4.69, 9.17) is 5.26 Å². The minimum atomic E-state index is 0.690. The molecule has 0 heterocycles. The van der Waals surface area contributed by atoms with Crippen LogP contribution in [0.4, 0.5) is 0 Å². The molecule has 0 aliphatic heterocycles. The fourth-order valence-corrected chi connectivity index (χ4v) is 3.04. The van der Waals surface area contributed by atoms with Gasteiger partial charge in [-0.25, -0.2) is 0 Å². The predicted octanol–water partition coefficient (Wildman–Crippen LogP) is 4.61. The zero-order valence-corrected chi connectivity index (χ0v) is 11.5. The molecule has 0 aromatic heterocycles. The van der Waals surface area contributed by atoms with Gasteiger partial charge in [-0.15, -0.1) is 11.8 Å². The number of halogens is 1. The van der Waals surface area contributed by atoms with Crippen LogP contribution < -0.4 is 0 Å². The van der Waals surface area contributed by atoms with Gasteiger partial charge in [-0.3, -0.25) is 0 Å². The Hall–Kier alpha value is -1.24. The van der Waals surface area contributed by atoms with E-state index in [1.807, 2.05) is 36.4 Å². The van der Waals surface area contributed by atoms with Crippen molar-refractivity contribution in [3.05, 3.63) is 64.1 Å². The highest BCUT2D eigenvalue weighted by Crippen LogP contribution is 2.26. The maximum Gasteiger partial charge on any atom is 0.0992 e. The topological polar surface area (TPSA) is 23.8 Å². The molecule has 17 heavy (non-hydrogen) atoms. The van der Waals surface area contributed by atoms with Crippen LogP contribution in [-0.4, -0.2) is 0 Å². The number of nitrogens with zero attached hydrogens (tertiary/aromatic N) is 1. The molecule has 2 aromatic carbocycles. The number of rotatable bonds is 3. The smallest absolute Gasteiger partial charge is 0.0992 e. The van der Waals surface area contributed by atoms with E-state index in [1.165, 1.54) is 5.56 Å². The molecule has 0 aliphatic rings. The van der Waals surface area contributed by atoms with Gasteiger partial charge in [0.15, 0.2) is 0 Å². The summed E-state index contributed by atoms with van der Waals surface area (Å²) in [6.07, 6.45) is 0. The summed E-state index contributed by atoms with van der Waals surface area (Å²) in [6, 6.07) is 18.2. The first-order valence-corrected chi connectivity index (χ1v) is 6.93. The van der Waals surface area contributed by atoms with Crippen LogP contribution in [-0.2, 0) is 5.75 Å². The highest BCUT2D eigenvalue weighted by Gasteiger charge is 2.00. The van der Waals surface area contributed by atoms with Crippen molar-refractivity contribution in [1.29, 1.82) is 5.26 Å². The molecule has 0 amide bonds. The highest BCUT2D eigenvalue weighted by atomic mass is 79.9. The van der Waals surface area contributed by atoms with Crippen molar-refractivity contribution in [2.75, 3.05) is 0 Å². The second-order valence-corrected chi connectivity index (χ2v) is 5.53. The van der Waals surface area contributed by atoms with Crippen LogP contribution in [0.1, 0.15) is 11.1 Å². The standard InChI is InChI=1S/C14H10BrNS/c15-13-6-12(9-16)7-14(8-13)17-10-11-4-2-1-3-5-11/h1-8H,10H2. The van der Waals surface area contributed by atoms with Crippen LogP contribution in [0, 0.1) is 11.3 Å². The number of thioether (sulfide) groups is 1. The Morgan fingerprint density at radius 3 is 2.59 bits per heavy atom. The van der Waals surface area contributed by atoms with Crippen molar-refractivity contribution in [3.63, 3.8) is 0 Å². The van der Waals surface area contributed by atoms with Gasteiger partial charge in [-0.1, -0.05) is 46.3 Å². The van der Waals surface area contributed by atoms with Gasteiger partial charge in [0.2, 0.25) is 0 Å². The van der Waals surface area contributed by atoms with E-state index >= 15 is 0 Å². The summed E-state index contributed by atoms with van der Waals surface area (Å²) in [5, 5.41) is 8.89. The van der Waals surface area contributed by atoms with E-state index < -0.39 is 0 Å². The lowest BCUT2D eigenvalue weighted by Gasteiger charge is -2.03. The SMILES string of the molecule is N#Cc1cc(Br)cc(SCc2ccccc2)c1. The molecule has 0 fully saturated rings. The van der Waals surface area contributed by atoms with Gasteiger partial charge < -0.3 is 0 Å². The Bertz CT molecular complexity index is 546. The van der Waals surface area contributed by atoms with Gasteiger partial charge in [0.25, 0.3) is 0 Å². The third-order valence-electron chi connectivity index (χ3n) is 2.25. The van der Waals surface area contributed by atoms with Gasteiger partial charge in [0, 0.05) is 15.1 Å². The maximum atomic E-state index is 8.89. The Balaban J connectivity index is 2.10. The van der Waals surface area contributed by atoms with Crippen LogP contribution >= 0.6 is 27.7 Å². The van der Waals surface area contributed by atoms with E-state index in [0.717, 1.165) is 15.1 Å². The summed E-state index contributed by atoms with van der Waals surface area (Å²) in [4.78, 5) is 1.11. The molecule has 0 radical (unpaired) electrons. The molecule has 0 N–H and O–H groups in total. The molecule has 2 rings (SSSR count). The summed E-state index contributed by atoms with van der Waals surface area (Å²) in [5.41, 5.74) is 1.98. The van der Waals surface area contributed by atoms with Gasteiger partial charge in [-0.2, -0.15) is 5.26 Å². The van der Waals surface area contributed by atoms with Crippen molar-refractivity contribution in [2.24, 2.45) is 0 Å². The zero-order valence-electron chi connectivity index (χ0n) is 9.06. The van der Waals surface area contributed by atoms with Gasteiger partial charge in [0.05, 0.1) is 11.6 Å². The molecular weight excluding hydrogens is 294 g/mol. The molecule has 3 heteroatoms. The molecule has 0 atom stereocenters. The van der Waals surface area contributed by atoms with Crippen LogP contribution in [0.5, 0.6) is 0 Å². The fourth-order valence-electron chi connectivity index (χ4n) is 1.45. The van der Waals surface area contributed by atoms with Gasteiger partial charge in [-0.05, 0) is 23.8 Å². The Morgan fingerprint density at radius 1 is 1.12 bits per heavy atom. The normalized spacial score (nSPS) is 9.88. The molecular formula is C14H10BrNS. The second kappa shape index (κ2) is 5.90. The number of hydrogen-bond donors (Lipinski definition) is 0. The molecule has 0 aliphatic carbocycles. The van der Waals surface area contributed by atoms with Crippen molar-refractivity contribution >= 4 is 27.7 Å². The van der Waals surface area contributed by atoms with E-state index in [0.29, 0.717) is 5.56 Å². The Morgan fingerprint density at radius 2 is 1.88 bits per heavy atom. The summed E-state index contributed by atoms with van der Waals surface area (Å²) in [7, 11) is 0. The largest absolute Gasteiger partial charge is 0.192 e. The minimum Gasteiger partial charge on any atom is -0.192 e. The molecule has 0 unspecified atom stereocenters. The molecule has 84 valence electrons. The summed E-state index contributed by atoms with van der Waals surface area (Å²) < 4.78 is 0.951. The van der Waals surface area contributed by atoms with Crippen molar-refractivity contribution in [2.45, 2.75) is 10.6 Å². The average molecular weight is 304 g/mol. The first-order chi connectivity index (χ1) is 8.28. The van der Waals surface area contributed by atoms with Crippen LogP contribution in [0.3, 0.4) is 0 Å². The predicted molar refractivity (Wildman–Crippen MR) is 74.9 cm³/mol. The summed E-state index contributed by atoms with van der Waals surface area (Å²) in [5.74, 6) is 0.919. The lowest BCUT2D eigenvalue weighted by Crippen LogP contribution is -1.81. The average Bonchev–Trinajstić information content (AvgIpc) is 2.37. The Kier molecular flexibility index (Phi) is 4.24. The third kappa shape index (κ3) is 3.62. The monoisotopic (exact) mass is 303 g/mol. The van der Waals surface area contributed by atoms with E-state index in [-0.39, 0.29) is 0 Å². The molecule has 0 saturated carbocycles. The highest BCUT2D eigenvalue weighted by molar-refractivity contribution is 9.10. The lowest BCUT2D eigenvalue weighted by atomic mass is 10.2. The van der Waals surface area contributed by atoms with Crippen LogP contribution in [0.25, 0.3) is 0 Å². The first-order valence-electron chi connectivity index (χ1n) is 5.15. The molecule has 0 saturated heterocycles. The lowest BCUT2D eigenvalue weighted by molar-refractivity contribution is 1.35. The quantitative estimate of drug-likeness (QED) is 0.773.